The van der Waals surface area contributed by atoms with Gasteiger partial charge in [0.25, 0.3) is 0 Å². The van der Waals surface area contributed by atoms with Crippen LogP contribution in [0.4, 0.5) is 8.78 Å². The van der Waals surface area contributed by atoms with Crippen LogP contribution in [0.2, 0.25) is 0 Å². The maximum atomic E-state index is 13.2. The van der Waals surface area contributed by atoms with E-state index in [2.05, 4.69) is 9.97 Å². The number of carbonyl (C=O) groups is 1. The first-order chi connectivity index (χ1) is 10.6. The Labute approximate surface area is 127 Å². The number of piperidine rings is 1. The van der Waals surface area contributed by atoms with Crippen LogP contribution in [-0.4, -0.2) is 33.9 Å². The Kier molecular flexibility index (Phi) is 4.18. The van der Waals surface area contributed by atoms with Crippen molar-refractivity contribution < 1.29 is 13.6 Å². The van der Waals surface area contributed by atoms with E-state index in [4.69, 9.17) is 0 Å². The zero-order chi connectivity index (χ0) is 15.5. The highest BCUT2D eigenvalue weighted by molar-refractivity contribution is 5.79. The normalized spacial score (nSPS) is 18.5. The zero-order valence-corrected chi connectivity index (χ0v) is 12.1. The topological polar surface area (TPSA) is 49.0 Å². The second-order valence-electron chi connectivity index (χ2n) is 5.61. The molecule has 1 atom stereocenters. The number of halogens is 2. The van der Waals surface area contributed by atoms with Gasteiger partial charge in [0.1, 0.15) is 17.5 Å². The lowest BCUT2D eigenvalue weighted by atomic mass is 9.96. The van der Waals surface area contributed by atoms with Crippen LogP contribution in [-0.2, 0) is 11.2 Å². The minimum Gasteiger partial charge on any atom is -0.348 e. The minimum absolute atomic E-state index is 0.0134. The van der Waals surface area contributed by atoms with Crippen LogP contribution in [0, 0.1) is 11.6 Å². The molecule has 4 nitrogen and oxygen atoms in total. The summed E-state index contributed by atoms with van der Waals surface area (Å²) in [5.74, 6) is -0.350. The van der Waals surface area contributed by atoms with E-state index < -0.39 is 11.6 Å². The van der Waals surface area contributed by atoms with E-state index >= 15 is 0 Å². The van der Waals surface area contributed by atoms with Gasteiger partial charge < -0.3 is 9.88 Å². The number of nitrogens with one attached hydrogen (secondary N) is 1. The molecule has 0 aliphatic carbocycles. The monoisotopic (exact) mass is 305 g/mol. The third-order valence-electron chi connectivity index (χ3n) is 3.96. The van der Waals surface area contributed by atoms with E-state index in [0.717, 1.165) is 24.7 Å². The van der Waals surface area contributed by atoms with E-state index in [0.29, 0.717) is 18.7 Å². The number of benzene rings is 1. The third kappa shape index (κ3) is 3.32. The predicted molar refractivity (Wildman–Crippen MR) is 77.2 cm³/mol. The fraction of sp³-hybridized carbons (Fsp3) is 0.375. The van der Waals surface area contributed by atoms with Gasteiger partial charge in [0.15, 0.2) is 0 Å². The molecule has 1 fully saturated rings. The summed E-state index contributed by atoms with van der Waals surface area (Å²) in [6, 6.07) is 3.21. The van der Waals surface area contributed by atoms with Crippen LogP contribution in [0.25, 0.3) is 0 Å². The lowest BCUT2D eigenvalue weighted by Gasteiger charge is -2.32. The molecule has 2 heterocycles. The molecular weight excluding hydrogens is 288 g/mol. The van der Waals surface area contributed by atoms with Gasteiger partial charge in [-0.3, -0.25) is 4.79 Å². The Morgan fingerprint density at radius 1 is 1.32 bits per heavy atom. The fourth-order valence-corrected chi connectivity index (χ4v) is 2.93. The third-order valence-corrected chi connectivity index (χ3v) is 3.96. The van der Waals surface area contributed by atoms with E-state index in [1.807, 2.05) is 0 Å². The summed E-state index contributed by atoms with van der Waals surface area (Å²) in [5.41, 5.74) is 0.364. The molecule has 1 amide bonds. The average Bonchev–Trinajstić information content (AvgIpc) is 3.00. The SMILES string of the molecule is O=C(Cc1cc(F)cc(F)c1)N1CCC[C@@H](c2ncc[nH]2)C1. The molecule has 6 heteroatoms. The van der Waals surface area contributed by atoms with Crippen molar-refractivity contribution in [2.75, 3.05) is 13.1 Å². The van der Waals surface area contributed by atoms with Gasteiger partial charge in [-0.25, -0.2) is 13.8 Å². The molecule has 116 valence electrons. The second-order valence-corrected chi connectivity index (χ2v) is 5.61. The molecular formula is C16H17F2N3O. The van der Waals surface area contributed by atoms with Crippen LogP contribution >= 0.6 is 0 Å². The second kappa shape index (κ2) is 6.25. The fourth-order valence-electron chi connectivity index (χ4n) is 2.93. The number of H-pyrrole nitrogens is 1. The highest BCUT2D eigenvalue weighted by Gasteiger charge is 2.26. The van der Waals surface area contributed by atoms with Gasteiger partial charge in [-0.15, -0.1) is 0 Å². The lowest BCUT2D eigenvalue weighted by molar-refractivity contribution is -0.131. The maximum absolute atomic E-state index is 13.2. The van der Waals surface area contributed by atoms with Gasteiger partial charge in [0.2, 0.25) is 5.91 Å². The summed E-state index contributed by atoms with van der Waals surface area (Å²) in [6.45, 7) is 1.26. The molecule has 3 rings (SSSR count). The molecule has 22 heavy (non-hydrogen) atoms. The summed E-state index contributed by atoms with van der Waals surface area (Å²) in [5, 5.41) is 0. The number of aromatic nitrogens is 2. The number of rotatable bonds is 3. The van der Waals surface area contributed by atoms with E-state index in [1.165, 1.54) is 12.1 Å². The van der Waals surface area contributed by atoms with Crippen LogP contribution in [0.1, 0.15) is 30.1 Å². The van der Waals surface area contributed by atoms with Gasteiger partial charge in [-0.05, 0) is 30.5 Å². The van der Waals surface area contributed by atoms with E-state index in [1.54, 1.807) is 17.3 Å². The molecule has 0 unspecified atom stereocenters. The molecule has 0 saturated carbocycles. The van der Waals surface area contributed by atoms with Crippen LogP contribution in [0.3, 0.4) is 0 Å². The maximum Gasteiger partial charge on any atom is 0.227 e. The largest absolute Gasteiger partial charge is 0.348 e. The standard InChI is InChI=1S/C16H17F2N3O/c17-13-6-11(7-14(18)9-13)8-15(22)21-5-1-2-12(10-21)16-19-3-4-20-16/h3-4,6-7,9,12H,1-2,5,8,10H2,(H,19,20)/t12-/m1/s1. The van der Waals surface area contributed by atoms with Gasteiger partial charge in [-0.2, -0.15) is 0 Å². The first-order valence-corrected chi connectivity index (χ1v) is 7.34. The Bertz CT molecular complexity index is 637. The van der Waals surface area contributed by atoms with Crippen molar-refractivity contribution in [2.45, 2.75) is 25.2 Å². The lowest BCUT2D eigenvalue weighted by Crippen LogP contribution is -2.40. The summed E-state index contributed by atoms with van der Waals surface area (Å²) in [7, 11) is 0. The van der Waals surface area contributed by atoms with Gasteiger partial charge >= 0.3 is 0 Å². The highest BCUT2D eigenvalue weighted by atomic mass is 19.1. The highest BCUT2D eigenvalue weighted by Crippen LogP contribution is 2.24. The molecule has 1 aliphatic rings. The van der Waals surface area contributed by atoms with Crippen LogP contribution in [0.5, 0.6) is 0 Å². The van der Waals surface area contributed by atoms with Crippen molar-refractivity contribution in [1.29, 1.82) is 0 Å². The number of hydrogen-bond donors (Lipinski definition) is 1. The molecule has 0 bridgehead atoms. The Balaban J connectivity index is 1.66. The van der Waals surface area contributed by atoms with Crippen molar-refractivity contribution in [3.05, 3.63) is 53.6 Å². The number of likely N-dealkylation sites (tertiary alicyclic amines) is 1. The first kappa shape index (κ1) is 14.7. The molecule has 1 aromatic carbocycles. The molecule has 0 radical (unpaired) electrons. The predicted octanol–water partition coefficient (Wildman–Crippen LogP) is 2.64. The quantitative estimate of drug-likeness (QED) is 0.947. The molecule has 0 spiro atoms. The number of nitrogens with zero attached hydrogens (tertiary/aromatic N) is 2. The zero-order valence-electron chi connectivity index (χ0n) is 12.1. The van der Waals surface area contributed by atoms with Crippen LogP contribution < -0.4 is 0 Å². The molecule has 2 aromatic rings. The summed E-state index contributed by atoms with van der Waals surface area (Å²) in [6.07, 6.45) is 5.36. The van der Waals surface area contributed by atoms with Crippen molar-refractivity contribution >= 4 is 5.91 Å². The van der Waals surface area contributed by atoms with E-state index in [9.17, 15) is 13.6 Å². The Morgan fingerprint density at radius 3 is 2.77 bits per heavy atom. The van der Waals surface area contributed by atoms with Gasteiger partial charge in [0.05, 0.1) is 6.42 Å². The molecule has 1 aliphatic heterocycles. The number of carbonyl (C=O) groups excluding carboxylic acids is 1. The molecule has 1 N–H and O–H groups in total. The van der Waals surface area contributed by atoms with Gasteiger partial charge in [-0.1, -0.05) is 0 Å². The molecule has 1 saturated heterocycles. The Morgan fingerprint density at radius 2 is 2.09 bits per heavy atom. The van der Waals surface area contributed by atoms with Crippen LogP contribution in [0.15, 0.2) is 30.6 Å². The van der Waals surface area contributed by atoms with Crippen molar-refractivity contribution in [1.82, 2.24) is 14.9 Å². The first-order valence-electron chi connectivity index (χ1n) is 7.34. The minimum atomic E-state index is -0.657. The number of hydrogen-bond acceptors (Lipinski definition) is 2. The van der Waals surface area contributed by atoms with Gasteiger partial charge in [0, 0.05) is 37.5 Å². The summed E-state index contributed by atoms with van der Waals surface area (Å²) >= 11 is 0. The average molecular weight is 305 g/mol. The smallest absolute Gasteiger partial charge is 0.227 e. The Hall–Kier alpha value is -2.24. The van der Waals surface area contributed by atoms with Crippen molar-refractivity contribution in [3.63, 3.8) is 0 Å². The van der Waals surface area contributed by atoms with Crippen molar-refractivity contribution in [3.8, 4) is 0 Å². The van der Waals surface area contributed by atoms with Crippen molar-refractivity contribution in [2.24, 2.45) is 0 Å². The summed E-state index contributed by atoms with van der Waals surface area (Å²) < 4.78 is 26.4. The number of amides is 1. The number of imidazole rings is 1. The number of aromatic amines is 1. The summed E-state index contributed by atoms with van der Waals surface area (Å²) in [4.78, 5) is 21.4. The molecule has 1 aromatic heterocycles. The van der Waals surface area contributed by atoms with E-state index in [-0.39, 0.29) is 18.2 Å².